The van der Waals surface area contributed by atoms with Crippen molar-refractivity contribution in [3.63, 3.8) is 0 Å². The molecule has 2 aromatic carbocycles. The lowest BCUT2D eigenvalue weighted by Crippen LogP contribution is -2.41. The Balaban J connectivity index is 1.56. The van der Waals surface area contributed by atoms with Gasteiger partial charge in [-0.15, -0.1) is 0 Å². The Kier molecular flexibility index (Phi) is 5.69. The summed E-state index contributed by atoms with van der Waals surface area (Å²) in [4.78, 5) is 36.3. The largest absolute Gasteiger partial charge is 0.497 e. The molecule has 0 saturated heterocycles. The van der Waals surface area contributed by atoms with Crippen LogP contribution < -0.4 is 14.8 Å². The van der Waals surface area contributed by atoms with Gasteiger partial charge in [0.2, 0.25) is 5.91 Å². The average molecular weight is 439 g/mol. The lowest BCUT2D eigenvalue weighted by molar-refractivity contribution is -0.124. The maximum absolute atomic E-state index is 12.9. The van der Waals surface area contributed by atoms with Gasteiger partial charge in [0.25, 0.3) is 5.91 Å². The minimum Gasteiger partial charge on any atom is -0.497 e. The second-order valence-electron chi connectivity index (χ2n) is 7.06. The number of nitrogens with one attached hydrogen (secondary N) is 1. The molecular formula is C22H22N4O4S. The molecule has 2 atom stereocenters. The Morgan fingerprint density at radius 1 is 1.16 bits per heavy atom. The number of rotatable bonds is 5. The van der Waals surface area contributed by atoms with Gasteiger partial charge in [0, 0.05) is 29.4 Å². The molecule has 9 heteroatoms. The SMILES string of the molecule is COc1cc(NC(=O)[C@H](C)SC2=Nc3ccccc3C3=N[C@@H](C)C(=O)N23)cc(OC)c1. The van der Waals surface area contributed by atoms with Crippen LogP contribution >= 0.6 is 11.8 Å². The third kappa shape index (κ3) is 4.00. The molecule has 0 aromatic heterocycles. The van der Waals surface area contributed by atoms with E-state index in [9.17, 15) is 9.59 Å². The first kappa shape index (κ1) is 20.9. The van der Waals surface area contributed by atoms with Gasteiger partial charge in [-0.25, -0.2) is 9.89 Å². The zero-order valence-electron chi connectivity index (χ0n) is 17.6. The second-order valence-corrected chi connectivity index (χ2v) is 8.37. The molecule has 8 nitrogen and oxygen atoms in total. The highest BCUT2D eigenvalue weighted by Gasteiger charge is 2.40. The summed E-state index contributed by atoms with van der Waals surface area (Å²) >= 11 is 1.21. The number of carbonyl (C=O) groups excluding carboxylic acids is 2. The van der Waals surface area contributed by atoms with Crippen LogP contribution in [0.5, 0.6) is 11.5 Å². The zero-order valence-corrected chi connectivity index (χ0v) is 18.4. The molecule has 2 heterocycles. The number of anilines is 1. The van der Waals surface area contributed by atoms with Gasteiger partial charge in [0.05, 0.1) is 25.2 Å². The highest BCUT2D eigenvalue weighted by Crippen LogP contribution is 2.35. The monoisotopic (exact) mass is 438 g/mol. The summed E-state index contributed by atoms with van der Waals surface area (Å²) in [6, 6.07) is 12.2. The van der Waals surface area contributed by atoms with Crippen LogP contribution in [0.15, 0.2) is 52.4 Å². The fraction of sp³-hybridized carbons (Fsp3) is 0.273. The Hall–Kier alpha value is -3.33. The molecule has 31 heavy (non-hydrogen) atoms. The summed E-state index contributed by atoms with van der Waals surface area (Å²) in [5.41, 5.74) is 2.09. The molecule has 4 rings (SSSR count). The summed E-state index contributed by atoms with van der Waals surface area (Å²) in [6.45, 7) is 3.52. The Labute approximate surface area is 184 Å². The Morgan fingerprint density at radius 2 is 1.84 bits per heavy atom. The van der Waals surface area contributed by atoms with Gasteiger partial charge >= 0.3 is 0 Å². The molecule has 0 radical (unpaired) electrons. The normalized spacial score (nSPS) is 17.9. The number of carbonyl (C=O) groups is 2. The third-order valence-corrected chi connectivity index (χ3v) is 5.98. The molecule has 0 fully saturated rings. The lowest BCUT2D eigenvalue weighted by Gasteiger charge is -2.26. The molecule has 1 N–H and O–H groups in total. The van der Waals surface area contributed by atoms with E-state index in [1.54, 1.807) is 46.3 Å². The molecular weight excluding hydrogens is 416 g/mol. The van der Waals surface area contributed by atoms with Crippen LogP contribution in [0.2, 0.25) is 0 Å². The average Bonchev–Trinajstić information content (AvgIpc) is 3.08. The Bertz CT molecular complexity index is 1090. The van der Waals surface area contributed by atoms with E-state index in [0.717, 1.165) is 11.3 Å². The van der Waals surface area contributed by atoms with Crippen LogP contribution in [-0.4, -0.2) is 53.2 Å². The van der Waals surface area contributed by atoms with Crippen molar-refractivity contribution < 1.29 is 19.1 Å². The first-order valence-corrected chi connectivity index (χ1v) is 10.6. The molecule has 0 unspecified atom stereocenters. The number of amides is 2. The maximum Gasteiger partial charge on any atom is 0.258 e. The quantitative estimate of drug-likeness (QED) is 0.772. The van der Waals surface area contributed by atoms with Crippen LogP contribution in [0, 0.1) is 0 Å². The molecule has 0 spiro atoms. The highest BCUT2D eigenvalue weighted by molar-refractivity contribution is 8.15. The molecule has 2 aliphatic rings. The van der Waals surface area contributed by atoms with Gasteiger partial charge in [-0.1, -0.05) is 23.9 Å². The molecule has 2 amide bonds. The summed E-state index contributed by atoms with van der Waals surface area (Å²) in [5.74, 6) is 1.33. The number of ether oxygens (including phenoxy) is 2. The maximum atomic E-state index is 12.9. The fourth-order valence-corrected chi connectivity index (χ4v) is 4.20. The van der Waals surface area contributed by atoms with Crippen molar-refractivity contribution >= 4 is 46.0 Å². The van der Waals surface area contributed by atoms with Crippen molar-refractivity contribution in [2.75, 3.05) is 19.5 Å². The number of nitrogens with zero attached hydrogens (tertiary/aromatic N) is 3. The highest BCUT2D eigenvalue weighted by atomic mass is 32.2. The van der Waals surface area contributed by atoms with Crippen LogP contribution in [0.3, 0.4) is 0 Å². The van der Waals surface area contributed by atoms with Gasteiger partial charge in [0.15, 0.2) is 5.17 Å². The number of fused-ring (bicyclic) bond motifs is 3. The van der Waals surface area contributed by atoms with Gasteiger partial charge in [-0.3, -0.25) is 14.6 Å². The number of hydrogen-bond donors (Lipinski definition) is 1. The number of benzene rings is 2. The van der Waals surface area contributed by atoms with Crippen molar-refractivity contribution in [1.82, 2.24) is 4.90 Å². The van der Waals surface area contributed by atoms with E-state index < -0.39 is 11.3 Å². The molecule has 2 aliphatic heterocycles. The summed E-state index contributed by atoms with van der Waals surface area (Å²) in [7, 11) is 3.09. The van der Waals surface area contributed by atoms with Crippen LogP contribution in [0.1, 0.15) is 19.4 Å². The predicted octanol–water partition coefficient (Wildman–Crippen LogP) is 3.44. The summed E-state index contributed by atoms with van der Waals surface area (Å²) in [6.07, 6.45) is 0. The third-order valence-electron chi connectivity index (χ3n) is 4.93. The molecule has 0 bridgehead atoms. The molecule has 0 aliphatic carbocycles. The van der Waals surface area contributed by atoms with Crippen LogP contribution in [0.4, 0.5) is 11.4 Å². The topological polar surface area (TPSA) is 92.6 Å². The molecule has 160 valence electrons. The van der Waals surface area contributed by atoms with E-state index in [0.29, 0.717) is 28.2 Å². The van der Waals surface area contributed by atoms with E-state index in [4.69, 9.17) is 9.47 Å². The van der Waals surface area contributed by atoms with Crippen molar-refractivity contribution in [3.05, 3.63) is 48.0 Å². The minimum absolute atomic E-state index is 0.152. The zero-order chi connectivity index (χ0) is 22.1. The van der Waals surface area contributed by atoms with E-state index in [1.165, 1.54) is 16.7 Å². The summed E-state index contributed by atoms with van der Waals surface area (Å²) in [5, 5.41) is 2.79. The van der Waals surface area contributed by atoms with Crippen LogP contribution in [0.25, 0.3) is 0 Å². The number of methoxy groups -OCH3 is 2. The number of amidine groups is 2. The first-order chi connectivity index (χ1) is 14.9. The van der Waals surface area contributed by atoms with E-state index in [2.05, 4.69) is 15.3 Å². The van der Waals surface area contributed by atoms with E-state index in [-0.39, 0.29) is 11.8 Å². The van der Waals surface area contributed by atoms with Crippen molar-refractivity contribution in [2.24, 2.45) is 9.98 Å². The van der Waals surface area contributed by atoms with Gasteiger partial charge in [-0.2, -0.15) is 0 Å². The predicted molar refractivity (Wildman–Crippen MR) is 122 cm³/mol. The smallest absolute Gasteiger partial charge is 0.258 e. The van der Waals surface area contributed by atoms with Gasteiger partial charge in [0.1, 0.15) is 23.4 Å². The minimum atomic E-state index is -0.522. The standard InChI is InChI=1S/C22H22N4O4S/c1-12-21(28)26-19(23-12)17-7-5-6-8-18(17)25-22(26)31-13(2)20(27)24-14-9-15(29-3)11-16(10-14)30-4/h5-13H,1-4H3,(H,24,27)/t12-,13-/m0/s1. The number of hydrogen-bond acceptors (Lipinski definition) is 7. The first-order valence-electron chi connectivity index (χ1n) is 9.71. The number of para-hydroxylation sites is 1. The molecule has 2 aromatic rings. The lowest BCUT2D eigenvalue weighted by atomic mass is 10.1. The van der Waals surface area contributed by atoms with Crippen molar-refractivity contribution in [3.8, 4) is 11.5 Å². The van der Waals surface area contributed by atoms with E-state index >= 15 is 0 Å². The van der Waals surface area contributed by atoms with Gasteiger partial charge < -0.3 is 14.8 Å². The summed E-state index contributed by atoms with van der Waals surface area (Å²) < 4.78 is 10.5. The van der Waals surface area contributed by atoms with Crippen molar-refractivity contribution in [2.45, 2.75) is 25.1 Å². The van der Waals surface area contributed by atoms with E-state index in [1.807, 2.05) is 24.3 Å². The second kappa shape index (κ2) is 8.43. The number of aliphatic imine (C=N–C) groups is 2. The fourth-order valence-electron chi connectivity index (χ4n) is 3.29. The number of thioether (sulfide) groups is 1. The van der Waals surface area contributed by atoms with Gasteiger partial charge in [-0.05, 0) is 26.0 Å². The van der Waals surface area contributed by atoms with Crippen LogP contribution in [-0.2, 0) is 9.59 Å². The Morgan fingerprint density at radius 3 is 2.52 bits per heavy atom. The van der Waals surface area contributed by atoms with Crippen molar-refractivity contribution in [1.29, 1.82) is 0 Å². The molecule has 0 saturated carbocycles.